The summed E-state index contributed by atoms with van der Waals surface area (Å²) >= 11 is 1.97. The van der Waals surface area contributed by atoms with Gasteiger partial charge in [0.2, 0.25) is 0 Å². The molecule has 0 saturated carbocycles. The summed E-state index contributed by atoms with van der Waals surface area (Å²) in [6.45, 7) is 8.32. The summed E-state index contributed by atoms with van der Waals surface area (Å²) in [6.07, 6.45) is 7.80. The van der Waals surface area contributed by atoms with Gasteiger partial charge < -0.3 is 5.32 Å². The van der Waals surface area contributed by atoms with E-state index in [0.717, 1.165) is 12.6 Å². The van der Waals surface area contributed by atoms with Gasteiger partial charge in [-0.1, -0.05) is 12.8 Å². The van der Waals surface area contributed by atoms with E-state index in [4.69, 9.17) is 0 Å². The molecule has 1 N–H and O–H groups in total. The smallest absolute Gasteiger partial charge is 0.0193 e. The summed E-state index contributed by atoms with van der Waals surface area (Å²) in [5.74, 6) is 1.33. The van der Waals surface area contributed by atoms with Crippen LogP contribution in [0.25, 0.3) is 0 Å². The summed E-state index contributed by atoms with van der Waals surface area (Å²) in [5.41, 5.74) is 0. The van der Waals surface area contributed by atoms with Crippen LogP contribution in [0.4, 0.5) is 0 Å². The molecular weight excluding hydrogens is 216 g/mol. The lowest BCUT2D eigenvalue weighted by Crippen LogP contribution is -2.54. The minimum Gasteiger partial charge on any atom is -0.311 e. The highest BCUT2D eigenvalue weighted by molar-refractivity contribution is 7.98. The largest absolute Gasteiger partial charge is 0.311 e. The van der Waals surface area contributed by atoms with Crippen LogP contribution in [0.5, 0.6) is 0 Å². The van der Waals surface area contributed by atoms with E-state index in [1.54, 1.807) is 0 Å². The Morgan fingerprint density at radius 1 is 1.19 bits per heavy atom. The topological polar surface area (TPSA) is 15.3 Å². The molecule has 2 atom stereocenters. The zero-order chi connectivity index (χ0) is 11.8. The molecule has 2 nitrogen and oxygen atoms in total. The second-order valence-corrected chi connectivity index (χ2v) is 6.05. The van der Waals surface area contributed by atoms with Crippen molar-refractivity contribution in [1.29, 1.82) is 0 Å². The molecule has 1 rings (SSSR count). The van der Waals surface area contributed by atoms with E-state index in [0.29, 0.717) is 6.04 Å². The maximum atomic E-state index is 3.54. The normalized spacial score (nSPS) is 27.2. The van der Waals surface area contributed by atoms with Crippen molar-refractivity contribution in [1.82, 2.24) is 10.2 Å². The number of hydrogen-bond acceptors (Lipinski definition) is 3. The van der Waals surface area contributed by atoms with E-state index < -0.39 is 0 Å². The highest BCUT2D eigenvalue weighted by Crippen LogP contribution is 2.10. The van der Waals surface area contributed by atoms with Crippen LogP contribution in [-0.2, 0) is 0 Å². The van der Waals surface area contributed by atoms with Gasteiger partial charge >= 0.3 is 0 Å². The van der Waals surface area contributed by atoms with E-state index in [9.17, 15) is 0 Å². The first-order valence-corrected chi connectivity index (χ1v) is 8.09. The van der Waals surface area contributed by atoms with Crippen LogP contribution in [0.2, 0.25) is 0 Å². The predicted octanol–water partition coefficient (Wildman–Crippen LogP) is 2.59. The third kappa shape index (κ3) is 5.55. The Labute approximate surface area is 106 Å². The summed E-state index contributed by atoms with van der Waals surface area (Å²) < 4.78 is 0. The first-order valence-electron chi connectivity index (χ1n) is 6.70. The predicted molar refractivity (Wildman–Crippen MR) is 75.3 cm³/mol. The monoisotopic (exact) mass is 244 g/mol. The van der Waals surface area contributed by atoms with E-state index in [2.05, 4.69) is 30.3 Å². The Balaban J connectivity index is 2.02. The van der Waals surface area contributed by atoms with Gasteiger partial charge in [0.05, 0.1) is 0 Å². The van der Waals surface area contributed by atoms with Crippen LogP contribution in [0.1, 0.15) is 39.5 Å². The fraction of sp³-hybridized carbons (Fsp3) is 1.00. The zero-order valence-electron chi connectivity index (χ0n) is 11.2. The molecule has 0 bridgehead atoms. The van der Waals surface area contributed by atoms with Crippen LogP contribution in [-0.4, -0.2) is 48.6 Å². The Bertz CT molecular complexity index is 175. The molecule has 0 amide bonds. The fourth-order valence-electron chi connectivity index (χ4n) is 2.32. The fourth-order valence-corrected chi connectivity index (χ4v) is 2.82. The lowest BCUT2D eigenvalue weighted by molar-refractivity contribution is 0.144. The summed E-state index contributed by atoms with van der Waals surface area (Å²) in [4.78, 5) is 2.65. The maximum Gasteiger partial charge on any atom is 0.0193 e. The number of rotatable bonds is 7. The van der Waals surface area contributed by atoms with Gasteiger partial charge in [0.1, 0.15) is 0 Å². The first-order chi connectivity index (χ1) is 7.74. The number of nitrogens with zero attached hydrogens (tertiary/aromatic N) is 1. The summed E-state index contributed by atoms with van der Waals surface area (Å²) in [5, 5.41) is 3.54. The van der Waals surface area contributed by atoms with Crippen LogP contribution in [0.15, 0.2) is 0 Å². The Morgan fingerprint density at radius 2 is 1.94 bits per heavy atom. The van der Waals surface area contributed by atoms with Gasteiger partial charge in [-0.2, -0.15) is 11.8 Å². The maximum absolute atomic E-state index is 3.54. The van der Waals surface area contributed by atoms with Gasteiger partial charge in [-0.05, 0) is 45.2 Å². The zero-order valence-corrected chi connectivity index (χ0v) is 12.0. The molecule has 2 unspecified atom stereocenters. The van der Waals surface area contributed by atoms with Crippen LogP contribution < -0.4 is 5.32 Å². The quantitative estimate of drug-likeness (QED) is 0.693. The molecular formula is C13H28N2S. The molecule has 0 aromatic carbocycles. The van der Waals surface area contributed by atoms with Crippen LogP contribution in [0.3, 0.4) is 0 Å². The highest BCUT2D eigenvalue weighted by atomic mass is 32.2. The number of piperazine rings is 1. The van der Waals surface area contributed by atoms with Crippen molar-refractivity contribution in [3.05, 3.63) is 0 Å². The Kier molecular flexibility index (Phi) is 7.50. The molecule has 0 aromatic rings. The van der Waals surface area contributed by atoms with Crippen molar-refractivity contribution in [3.63, 3.8) is 0 Å². The van der Waals surface area contributed by atoms with Crippen LogP contribution >= 0.6 is 11.8 Å². The lowest BCUT2D eigenvalue weighted by atomic mass is 10.1. The molecule has 1 aliphatic rings. The Morgan fingerprint density at radius 3 is 2.69 bits per heavy atom. The third-order valence-electron chi connectivity index (χ3n) is 3.44. The van der Waals surface area contributed by atoms with Crippen molar-refractivity contribution >= 4 is 11.8 Å². The SMILES string of the molecule is CSCCCCCCN1CC(C)NCC1C. The minimum atomic E-state index is 0.674. The molecule has 0 spiro atoms. The first kappa shape index (κ1) is 14.3. The third-order valence-corrected chi connectivity index (χ3v) is 4.13. The molecule has 1 fully saturated rings. The van der Waals surface area contributed by atoms with Crippen LogP contribution in [0, 0.1) is 0 Å². The molecule has 1 heterocycles. The van der Waals surface area contributed by atoms with Gasteiger partial charge in [-0.15, -0.1) is 0 Å². The van der Waals surface area contributed by atoms with E-state index in [-0.39, 0.29) is 0 Å². The molecule has 3 heteroatoms. The molecule has 1 aliphatic heterocycles. The van der Waals surface area contributed by atoms with Crippen molar-refractivity contribution in [2.45, 2.75) is 51.6 Å². The summed E-state index contributed by atoms with van der Waals surface area (Å²) in [6, 6.07) is 1.40. The highest BCUT2D eigenvalue weighted by Gasteiger charge is 2.21. The van der Waals surface area contributed by atoms with Gasteiger partial charge in [0, 0.05) is 25.2 Å². The number of thioether (sulfide) groups is 1. The second-order valence-electron chi connectivity index (χ2n) is 5.06. The number of unbranched alkanes of at least 4 members (excludes halogenated alkanes) is 3. The van der Waals surface area contributed by atoms with E-state index in [1.807, 2.05) is 11.8 Å². The van der Waals surface area contributed by atoms with Gasteiger partial charge in [-0.25, -0.2) is 0 Å². The van der Waals surface area contributed by atoms with Crippen molar-refractivity contribution in [2.75, 3.05) is 31.6 Å². The minimum absolute atomic E-state index is 0.674. The van der Waals surface area contributed by atoms with Crippen molar-refractivity contribution in [3.8, 4) is 0 Å². The molecule has 16 heavy (non-hydrogen) atoms. The average molecular weight is 244 g/mol. The van der Waals surface area contributed by atoms with E-state index >= 15 is 0 Å². The molecule has 0 aliphatic carbocycles. The second kappa shape index (κ2) is 8.37. The van der Waals surface area contributed by atoms with Crippen molar-refractivity contribution < 1.29 is 0 Å². The Hall–Kier alpha value is 0.270. The van der Waals surface area contributed by atoms with Gasteiger partial charge in [-0.3, -0.25) is 4.90 Å². The molecule has 96 valence electrons. The van der Waals surface area contributed by atoms with E-state index in [1.165, 1.54) is 44.5 Å². The lowest BCUT2D eigenvalue weighted by Gasteiger charge is -2.37. The number of hydrogen-bond donors (Lipinski definition) is 1. The standard InChI is InChI=1S/C13H28N2S/c1-12-11-15(13(2)10-14-12)8-6-4-5-7-9-16-3/h12-14H,4-11H2,1-3H3. The molecule has 0 aromatic heterocycles. The van der Waals surface area contributed by atoms with Gasteiger partial charge in [0.25, 0.3) is 0 Å². The van der Waals surface area contributed by atoms with Crippen molar-refractivity contribution in [2.24, 2.45) is 0 Å². The summed E-state index contributed by atoms with van der Waals surface area (Å²) in [7, 11) is 0. The van der Waals surface area contributed by atoms with Gasteiger partial charge in [0.15, 0.2) is 0 Å². The molecule has 1 saturated heterocycles. The molecule has 0 radical (unpaired) electrons. The number of nitrogens with one attached hydrogen (secondary N) is 1. The average Bonchev–Trinajstić information content (AvgIpc) is 2.28.